The molecule has 0 unspecified atom stereocenters. The molecule has 0 radical (unpaired) electrons. The van der Waals surface area contributed by atoms with E-state index >= 15 is 0 Å². The van der Waals surface area contributed by atoms with Crippen molar-refractivity contribution in [3.8, 4) is 0 Å². The van der Waals surface area contributed by atoms with E-state index in [0.717, 1.165) is 32.2 Å². The maximum absolute atomic E-state index is 12.4. The first-order valence-corrected chi connectivity index (χ1v) is 9.18. The quantitative estimate of drug-likeness (QED) is 0.906. The molecule has 3 rings (SSSR count). The Morgan fingerprint density at radius 1 is 1.36 bits per heavy atom. The molecule has 2 heterocycles. The third-order valence-electron chi connectivity index (χ3n) is 4.73. The lowest BCUT2D eigenvalue weighted by molar-refractivity contribution is -0.136. The van der Waals surface area contributed by atoms with E-state index in [1.807, 2.05) is 4.90 Å². The molecule has 1 saturated carbocycles. The Kier molecular flexibility index (Phi) is 4.81. The summed E-state index contributed by atoms with van der Waals surface area (Å²) in [5.74, 6) is 0.925. The second-order valence-corrected chi connectivity index (χ2v) is 7.38. The van der Waals surface area contributed by atoms with E-state index in [-0.39, 0.29) is 23.7 Å². The van der Waals surface area contributed by atoms with Crippen molar-refractivity contribution in [1.82, 2.24) is 10.2 Å². The molecule has 1 N–H and O–H groups in total. The van der Waals surface area contributed by atoms with Crippen LogP contribution in [0.4, 0.5) is 0 Å². The van der Waals surface area contributed by atoms with Gasteiger partial charge in [0, 0.05) is 25.6 Å². The van der Waals surface area contributed by atoms with Gasteiger partial charge in [-0.15, -0.1) is 0 Å². The topological polar surface area (TPSA) is 49.4 Å². The van der Waals surface area contributed by atoms with Gasteiger partial charge in [-0.3, -0.25) is 9.59 Å². The van der Waals surface area contributed by atoms with Gasteiger partial charge in [-0.05, 0) is 54.0 Å². The highest BCUT2D eigenvalue weighted by atomic mass is 32.1. The predicted octanol–water partition coefficient (Wildman–Crippen LogP) is 2.62. The summed E-state index contributed by atoms with van der Waals surface area (Å²) in [6.07, 6.45) is 3.90. The van der Waals surface area contributed by atoms with Crippen molar-refractivity contribution < 1.29 is 9.59 Å². The SMILES string of the molecule is C[C@H](CNC(=O)[C@H]1CCCN(C(=O)C2CC2)C1)c1ccsc1. The highest BCUT2D eigenvalue weighted by Gasteiger charge is 2.36. The van der Waals surface area contributed by atoms with E-state index in [2.05, 4.69) is 29.1 Å². The Bertz CT molecular complexity index is 525. The number of carbonyl (C=O) groups excluding carboxylic acids is 2. The molecule has 1 saturated heterocycles. The van der Waals surface area contributed by atoms with Crippen LogP contribution in [-0.4, -0.2) is 36.3 Å². The van der Waals surface area contributed by atoms with Crippen LogP contribution in [0.5, 0.6) is 0 Å². The summed E-state index contributed by atoms with van der Waals surface area (Å²) in [6, 6.07) is 2.11. The van der Waals surface area contributed by atoms with Gasteiger partial charge in [0.2, 0.25) is 11.8 Å². The van der Waals surface area contributed by atoms with Gasteiger partial charge in [-0.2, -0.15) is 11.3 Å². The number of hydrogen-bond acceptors (Lipinski definition) is 3. The minimum atomic E-state index is -0.0360. The molecule has 22 heavy (non-hydrogen) atoms. The first-order chi connectivity index (χ1) is 10.6. The normalized spacial score (nSPS) is 23.1. The van der Waals surface area contributed by atoms with Gasteiger partial charge in [-0.1, -0.05) is 6.92 Å². The van der Waals surface area contributed by atoms with E-state index < -0.39 is 0 Å². The Labute approximate surface area is 135 Å². The van der Waals surface area contributed by atoms with Crippen molar-refractivity contribution in [3.05, 3.63) is 22.4 Å². The average Bonchev–Trinajstić information content (AvgIpc) is 3.25. The van der Waals surface area contributed by atoms with Crippen LogP contribution < -0.4 is 5.32 Å². The smallest absolute Gasteiger partial charge is 0.225 e. The van der Waals surface area contributed by atoms with Crippen LogP contribution in [0.3, 0.4) is 0 Å². The second-order valence-electron chi connectivity index (χ2n) is 6.60. The van der Waals surface area contributed by atoms with Crippen molar-refractivity contribution in [2.75, 3.05) is 19.6 Å². The second kappa shape index (κ2) is 6.82. The summed E-state index contributed by atoms with van der Waals surface area (Å²) in [6.45, 7) is 4.23. The largest absolute Gasteiger partial charge is 0.355 e. The van der Waals surface area contributed by atoms with E-state index in [0.29, 0.717) is 19.0 Å². The number of likely N-dealkylation sites (tertiary alicyclic amines) is 1. The molecule has 1 aromatic rings. The van der Waals surface area contributed by atoms with Crippen LogP contribution in [-0.2, 0) is 9.59 Å². The van der Waals surface area contributed by atoms with Crippen molar-refractivity contribution in [1.29, 1.82) is 0 Å². The number of carbonyl (C=O) groups is 2. The minimum absolute atomic E-state index is 0.0360. The number of nitrogens with one attached hydrogen (secondary N) is 1. The number of hydrogen-bond donors (Lipinski definition) is 1. The third kappa shape index (κ3) is 3.69. The zero-order chi connectivity index (χ0) is 15.5. The maximum Gasteiger partial charge on any atom is 0.225 e. The van der Waals surface area contributed by atoms with E-state index in [1.165, 1.54) is 5.56 Å². The number of nitrogens with zero attached hydrogens (tertiary/aromatic N) is 1. The van der Waals surface area contributed by atoms with Crippen LogP contribution in [0.2, 0.25) is 0 Å². The van der Waals surface area contributed by atoms with E-state index in [1.54, 1.807) is 11.3 Å². The zero-order valence-corrected chi connectivity index (χ0v) is 13.9. The molecule has 2 atom stereocenters. The van der Waals surface area contributed by atoms with Crippen LogP contribution in [0.15, 0.2) is 16.8 Å². The van der Waals surface area contributed by atoms with Crippen LogP contribution in [0.1, 0.15) is 44.1 Å². The Hall–Kier alpha value is -1.36. The van der Waals surface area contributed by atoms with Crippen LogP contribution in [0, 0.1) is 11.8 Å². The fraction of sp³-hybridized carbons (Fsp3) is 0.647. The lowest BCUT2D eigenvalue weighted by Crippen LogP contribution is -2.46. The van der Waals surface area contributed by atoms with Crippen molar-refractivity contribution in [2.24, 2.45) is 11.8 Å². The molecule has 0 spiro atoms. The van der Waals surface area contributed by atoms with Gasteiger partial charge < -0.3 is 10.2 Å². The molecular weight excluding hydrogens is 296 g/mol. The molecule has 4 nitrogen and oxygen atoms in total. The number of amides is 2. The summed E-state index contributed by atoms with van der Waals surface area (Å²) in [5.41, 5.74) is 1.28. The number of piperidine rings is 1. The maximum atomic E-state index is 12.4. The molecule has 0 bridgehead atoms. The molecule has 120 valence electrons. The van der Waals surface area contributed by atoms with Crippen molar-refractivity contribution >= 4 is 23.2 Å². The summed E-state index contributed by atoms with van der Waals surface area (Å²) in [7, 11) is 0. The van der Waals surface area contributed by atoms with Gasteiger partial charge >= 0.3 is 0 Å². The van der Waals surface area contributed by atoms with Gasteiger partial charge in [0.15, 0.2) is 0 Å². The monoisotopic (exact) mass is 320 g/mol. The summed E-state index contributed by atoms with van der Waals surface area (Å²) in [4.78, 5) is 26.4. The molecule has 1 aromatic heterocycles. The molecule has 2 amide bonds. The number of rotatable bonds is 5. The molecule has 1 aliphatic carbocycles. The van der Waals surface area contributed by atoms with Crippen molar-refractivity contribution in [3.63, 3.8) is 0 Å². The summed E-state index contributed by atoms with van der Waals surface area (Å²) < 4.78 is 0. The molecule has 5 heteroatoms. The summed E-state index contributed by atoms with van der Waals surface area (Å²) >= 11 is 1.69. The van der Waals surface area contributed by atoms with Crippen molar-refractivity contribution in [2.45, 2.75) is 38.5 Å². The molecule has 2 aliphatic rings. The standard InChI is InChI=1S/C17H24N2O2S/c1-12(15-6-8-22-11-15)9-18-16(20)14-3-2-7-19(10-14)17(21)13-4-5-13/h6,8,11-14H,2-5,7,9-10H2,1H3,(H,18,20)/t12-,14+/m1/s1. The highest BCUT2D eigenvalue weighted by Crippen LogP contribution is 2.32. The fourth-order valence-electron chi connectivity index (χ4n) is 3.05. The van der Waals surface area contributed by atoms with Gasteiger partial charge in [0.1, 0.15) is 0 Å². The predicted molar refractivity (Wildman–Crippen MR) is 87.8 cm³/mol. The van der Waals surface area contributed by atoms with Crippen LogP contribution >= 0.6 is 11.3 Å². The lowest BCUT2D eigenvalue weighted by Gasteiger charge is -2.32. The highest BCUT2D eigenvalue weighted by molar-refractivity contribution is 7.07. The Morgan fingerprint density at radius 2 is 2.18 bits per heavy atom. The third-order valence-corrected chi connectivity index (χ3v) is 5.43. The summed E-state index contributed by atoms with van der Waals surface area (Å²) in [5, 5.41) is 7.27. The van der Waals surface area contributed by atoms with Crippen LogP contribution in [0.25, 0.3) is 0 Å². The molecule has 2 fully saturated rings. The Balaban J connectivity index is 1.48. The Morgan fingerprint density at radius 3 is 2.86 bits per heavy atom. The lowest BCUT2D eigenvalue weighted by atomic mass is 9.96. The zero-order valence-electron chi connectivity index (χ0n) is 13.1. The molecule has 0 aromatic carbocycles. The first-order valence-electron chi connectivity index (χ1n) is 8.23. The van der Waals surface area contributed by atoms with Gasteiger partial charge in [0.05, 0.1) is 5.92 Å². The van der Waals surface area contributed by atoms with E-state index in [9.17, 15) is 9.59 Å². The minimum Gasteiger partial charge on any atom is -0.355 e. The van der Waals surface area contributed by atoms with Gasteiger partial charge in [0.25, 0.3) is 0 Å². The fourth-order valence-corrected chi connectivity index (χ4v) is 3.83. The van der Waals surface area contributed by atoms with Gasteiger partial charge in [-0.25, -0.2) is 0 Å². The molecule has 1 aliphatic heterocycles. The average molecular weight is 320 g/mol. The number of thiophene rings is 1. The van der Waals surface area contributed by atoms with E-state index in [4.69, 9.17) is 0 Å². The molecular formula is C17H24N2O2S. The first kappa shape index (κ1) is 15.5.